The molecule has 2 aromatic rings. The molecule has 0 atom stereocenters. The second kappa shape index (κ2) is 6.33. The molecule has 1 heterocycles. The van der Waals surface area contributed by atoms with E-state index in [-0.39, 0.29) is 4.90 Å². The molecule has 0 saturated heterocycles. The molecule has 0 radical (unpaired) electrons. The van der Waals surface area contributed by atoms with Gasteiger partial charge in [-0.25, -0.2) is 18.1 Å². The Morgan fingerprint density at radius 2 is 2.20 bits per heavy atom. The molecule has 0 aliphatic rings. The topological polar surface area (TPSA) is 114 Å². The van der Waals surface area contributed by atoms with Crippen LogP contribution in [-0.2, 0) is 16.4 Å². The minimum atomic E-state index is -3.55. The van der Waals surface area contributed by atoms with Crippen LogP contribution in [0.1, 0.15) is 12.2 Å². The van der Waals surface area contributed by atoms with Crippen LogP contribution in [0.5, 0.6) is 0 Å². The van der Waals surface area contributed by atoms with Gasteiger partial charge in [0.25, 0.3) is 0 Å². The third-order valence-corrected chi connectivity index (χ3v) is 5.03. The Kier molecular flexibility index (Phi) is 4.73. The lowest BCUT2D eigenvalue weighted by molar-refractivity contribution is 0.578. The van der Waals surface area contributed by atoms with Gasteiger partial charge in [0, 0.05) is 23.1 Å². The lowest BCUT2D eigenvalue weighted by Gasteiger charge is -2.08. The zero-order chi connectivity index (χ0) is 14.6. The minimum Gasteiger partial charge on any atom is -0.399 e. The zero-order valence-electron chi connectivity index (χ0n) is 10.5. The summed E-state index contributed by atoms with van der Waals surface area (Å²) >= 11 is 3.20. The standard InChI is InChI=1S/C11H14BrN5O2S/c12-9-6-8(13)3-4-10(9)20(18,19)16-5-1-2-11-14-7-15-17-11/h3-4,6-7,16H,1-2,5,13H2,(H,14,15,17). The quantitative estimate of drug-likeness (QED) is 0.527. The molecular formula is C11H14BrN5O2S. The van der Waals surface area contributed by atoms with Crippen molar-refractivity contribution in [3.63, 3.8) is 0 Å². The summed E-state index contributed by atoms with van der Waals surface area (Å²) in [6.07, 6.45) is 2.68. The Hall–Kier alpha value is -1.45. The molecule has 0 aliphatic carbocycles. The van der Waals surface area contributed by atoms with E-state index in [2.05, 4.69) is 35.8 Å². The second-order valence-electron chi connectivity index (χ2n) is 4.12. The van der Waals surface area contributed by atoms with E-state index >= 15 is 0 Å². The summed E-state index contributed by atoms with van der Waals surface area (Å²) in [5.41, 5.74) is 6.09. The zero-order valence-corrected chi connectivity index (χ0v) is 12.9. The lowest BCUT2D eigenvalue weighted by Crippen LogP contribution is -2.25. The van der Waals surface area contributed by atoms with E-state index in [9.17, 15) is 8.42 Å². The largest absolute Gasteiger partial charge is 0.399 e. The van der Waals surface area contributed by atoms with E-state index in [0.717, 1.165) is 5.82 Å². The number of sulfonamides is 1. The summed E-state index contributed by atoms with van der Waals surface area (Å²) in [4.78, 5) is 4.14. The van der Waals surface area contributed by atoms with Crippen molar-refractivity contribution in [2.75, 3.05) is 12.3 Å². The Bertz CT molecular complexity index is 672. The summed E-state index contributed by atoms with van der Waals surface area (Å²) < 4.78 is 27.2. The first-order valence-corrected chi connectivity index (χ1v) is 8.15. The molecule has 0 bridgehead atoms. The monoisotopic (exact) mass is 359 g/mol. The van der Waals surface area contributed by atoms with Crippen LogP contribution < -0.4 is 10.5 Å². The number of nitrogen functional groups attached to an aromatic ring is 1. The van der Waals surface area contributed by atoms with Gasteiger partial charge < -0.3 is 5.73 Å². The fourth-order valence-corrected chi connectivity index (χ4v) is 3.79. The van der Waals surface area contributed by atoms with Crippen molar-refractivity contribution in [3.05, 3.63) is 34.8 Å². The number of benzene rings is 1. The van der Waals surface area contributed by atoms with Crippen molar-refractivity contribution in [2.45, 2.75) is 17.7 Å². The number of nitrogens with zero attached hydrogens (tertiary/aromatic N) is 2. The molecule has 2 rings (SSSR count). The molecular weight excluding hydrogens is 346 g/mol. The van der Waals surface area contributed by atoms with Crippen molar-refractivity contribution >= 4 is 31.6 Å². The maximum Gasteiger partial charge on any atom is 0.241 e. The van der Waals surface area contributed by atoms with Crippen LogP contribution in [0.4, 0.5) is 5.69 Å². The Morgan fingerprint density at radius 1 is 1.40 bits per heavy atom. The molecule has 1 aromatic heterocycles. The van der Waals surface area contributed by atoms with E-state index in [0.29, 0.717) is 29.5 Å². The highest BCUT2D eigenvalue weighted by molar-refractivity contribution is 9.10. The van der Waals surface area contributed by atoms with Crippen molar-refractivity contribution in [1.29, 1.82) is 0 Å². The van der Waals surface area contributed by atoms with Crippen LogP contribution in [0.25, 0.3) is 0 Å². The third kappa shape index (κ3) is 3.78. The molecule has 7 nitrogen and oxygen atoms in total. The number of nitrogens with one attached hydrogen (secondary N) is 2. The molecule has 20 heavy (non-hydrogen) atoms. The van der Waals surface area contributed by atoms with Crippen LogP contribution >= 0.6 is 15.9 Å². The highest BCUT2D eigenvalue weighted by atomic mass is 79.9. The Morgan fingerprint density at radius 3 is 2.85 bits per heavy atom. The minimum absolute atomic E-state index is 0.173. The van der Waals surface area contributed by atoms with Crippen molar-refractivity contribution in [2.24, 2.45) is 0 Å². The number of H-pyrrole nitrogens is 1. The maximum atomic E-state index is 12.1. The number of hydrogen-bond donors (Lipinski definition) is 3. The van der Waals surface area contributed by atoms with E-state index in [1.807, 2.05) is 0 Å². The van der Waals surface area contributed by atoms with Crippen LogP contribution in [0, 0.1) is 0 Å². The molecule has 4 N–H and O–H groups in total. The number of nitrogens with two attached hydrogens (primary N) is 1. The van der Waals surface area contributed by atoms with Gasteiger partial charge in [-0.2, -0.15) is 5.10 Å². The van der Waals surface area contributed by atoms with E-state index < -0.39 is 10.0 Å². The van der Waals surface area contributed by atoms with E-state index in [4.69, 9.17) is 5.73 Å². The third-order valence-electron chi connectivity index (χ3n) is 2.59. The predicted octanol–water partition coefficient (Wildman–Crippen LogP) is 1.06. The van der Waals surface area contributed by atoms with E-state index in [1.165, 1.54) is 12.4 Å². The van der Waals surface area contributed by atoms with Gasteiger partial charge in [0.2, 0.25) is 10.0 Å². The molecule has 108 valence electrons. The Balaban J connectivity index is 1.93. The summed E-state index contributed by atoms with van der Waals surface area (Å²) in [5.74, 6) is 0.734. The fourth-order valence-electron chi connectivity index (χ4n) is 1.63. The van der Waals surface area contributed by atoms with Gasteiger partial charge in [0.05, 0.1) is 4.90 Å². The van der Waals surface area contributed by atoms with Gasteiger partial charge in [-0.1, -0.05) is 0 Å². The first-order valence-electron chi connectivity index (χ1n) is 5.88. The molecule has 0 saturated carbocycles. The second-order valence-corrected chi connectivity index (χ2v) is 6.71. The first-order chi connectivity index (χ1) is 9.49. The number of aromatic amines is 1. The fraction of sp³-hybridized carbons (Fsp3) is 0.273. The molecule has 1 aromatic carbocycles. The van der Waals surface area contributed by atoms with Crippen molar-refractivity contribution < 1.29 is 8.42 Å². The van der Waals surface area contributed by atoms with Gasteiger partial charge >= 0.3 is 0 Å². The average Bonchev–Trinajstić information content (AvgIpc) is 2.87. The number of halogens is 1. The average molecular weight is 360 g/mol. The molecule has 0 unspecified atom stereocenters. The predicted molar refractivity (Wildman–Crippen MR) is 78.4 cm³/mol. The number of rotatable bonds is 6. The summed E-state index contributed by atoms with van der Waals surface area (Å²) in [7, 11) is -3.55. The molecule has 0 fully saturated rings. The smallest absolute Gasteiger partial charge is 0.241 e. The van der Waals surface area contributed by atoms with Gasteiger partial charge in [-0.05, 0) is 40.5 Å². The van der Waals surface area contributed by atoms with Crippen LogP contribution in [0.3, 0.4) is 0 Å². The van der Waals surface area contributed by atoms with Crippen molar-refractivity contribution in [1.82, 2.24) is 19.9 Å². The number of anilines is 1. The van der Waals surface area contributed by atoms with Gasteiger partial charge in [0.15, 0.2) is 0 Å². The highest BCUT2D eigenvalue weighted by Crippen LogP contribution is 2.23. The van der Waals surface area contributed by atoms with Gasteiger partial charge in [-0.3, -0.25) is 5.10 Å². The molecule has 0 amide bonds. The number of hydrogen-bond acceptors (Lipinski definition) is 5. The summed E-state index contributed by atoms with van der Waals surface area (Å²) in [5, 5.41) is 6.45. The highest BCUT2D eigenvalue weighted by Gasteiger charge is 2.16. The summed E-state index contributed by atoms with van der Waals surface area (Å²) in [6, 6.07) is 4.58. The van der Waals surface area contributed by atoms with Crippen LogP contribution in [-0.4, -0.2) is 30.1 Å². The number of aromatic nitrogens is 3. The van der Waals surface area contributed by atoms with Crippen molar-refractivity contribution in [3.8, 4) is 0 Å². The molecule has 0 aliphatic heterocycles. The van der Waals surface area contributed by atoms with Crippen LogP contribution in [0.2, 0.25) is 0 Å². The Labute approximate surface area is 125 Å². The normalized spacial score (nSPS) is 11.7. The SMILES string of the molecule is Nc1ccc(S(=O)(=O)NCCCc2ncn[nH]2)c(Br)c1. The van der Waals surface area contributed by atoms with E-state index in [1.54, 1.807) is 12.1 Å². The molecule has 0 spiro atoms. The summed E-state index contributed by atoms with van der Waals surface area (Å²) in [6.45, 7) is 0.319. The maximum absolute atomic E-state index is 12.1. The van der Waals surface area contributed by atoms with Crippen LogP contribution in [0.15, 0.2) is 33.9 Å². The lowest BCUT2D eigenvalue weighted by atomic mass is 10.3. The van der Waals surface area contributed by atoms with Gasteiger partial charge in [-0.15, -0.1) is 0 Å². The molecule has 9 heteroatoms. The first kappa shape index (κ1) is 14.9. The van der Waals surface area contributed by atoms with Gasteiger partial charge in [0.1, 0.15) is 12.2 Å². The number of aryl methyl sites for hydroxylation is 1.